The number of benzene rings is 1. The van der Waals surface area contributed by atoms with E-state index in [1.807, 2.05) is 6.07 Å². The molecule has 1 aromatic carbocycles. The molecule has 0 bridgehead atoms. The Morgan fingerprint density at radius 3 is 2.56 bits per heavy atom. The lowest BCUT2D eigenvalue weighted by molar-refractivity contribution is 0.600. The molecule has 2 aromatic rings. The molecule has 0 aliphatic carbocycles. The van der Waals surface area contributed by atoms with E-state index in [-0.39, 0.29) is 11.7 Å². The molecule has 1 aromatic heterocycles. The Morgan fingerprint density at radius 2 is 1.89 bits per heavy atom. The minimum Gasteiger partial charge on any atom is -0.251 e. The molecule has 0 fully saturated rings. The van der Waals surface area contributed by atoms with Crippen molar-refractivity contribution in [1.29, 1.82) is 0 Å². The van der Waals surface area contributed by atoms with Crippen LogP contribution in [0.3, 0.4) is 0 Å². The maximum atomic E-state index is 11.9. The van der Waals surface area contributed by atoms with Crippen molar-refractivity contribution in [3.8, 4) is 0 Å². The lowest BCUT2D eigenvalue weighted by Crippen LogP contribution is -2.17. The molecule has 0 aliphatic heterocycles. The normalized spacial score (nSPS) is 11.2. The predicted octanol–water partition coefficient (Wildman–Crippen LogP) is 1.73. The molecular weight excluding hydrogens is 250 g/mol. The van der Waals surface area contributed by atoms with Gasteiger partial charge in [-0.05, 0) is 18.6 Å². The maximum absolute atomic E-state index is 11.9. The van der Waals surface area contributed by atoms with Crippen molar-refractivity contribution >= 4 is 16.0 Å². The first-order valence-corrected chi connectivity index (χ1v) is 7.04. The van der Waals surface area contributed by atoms with E-state index in [0.717, 1.165) is 5.56 Å². The van der Waals surface area contributed by atoms with E-state index in [0.29, 0.717) is 5.69 Å². The monoisotopic (exact) mass is 263 g/mol. The number of anilines is 1. The minimum absolute atomic E-state index is 0.0921. The van der Waals surface area contributed by atoms with Gasteiger partial charge in [-0.15, -0.1) is 0 Å². The Balaban J connectivity index is 2.13. The van der Waals surface area contributed by atoms with Gasteiger partial charge in [0.1, 0.15) is 0 Å². The molecule has 1 N–H and O–H groups in total. The number of aryl methyl sites for hydroxylation is 1. The van der Waals surface area contributed by atoms with Gasteiger partial charge in [-0.3, -0.25) is 4.72 Å². The Bertz CT molecular complexity index is 627. The zero-order chi connectivity index (χ0) is 13.0. The number of hydrogen-bond donors (Lipinski definition) is 1. The van der Waals surface area contributed by atoms with Gasteiger partial charge in [-0.1, -0.05) is 30.3 Å². The van der Waals surface area contributed by atoms with Gasteiger partial charge in [-0.2, -0.15) is 0 Å². The van der Waals surface area contributed by atoms with E-state index < -0.39 is 10.0 Å². The highest BCUT2D eigenvalue weighted by Gasteiger charge is 2.12. The van der Waals surface area contributed by atoms with Crippen molar-refractivity contribution in [3.05, 3.63) is 53.9 Å². The zero-order valence-corrected chi connectivity index (χ0v) is 10.7. The second-order valence-electron chi connectivity index (χ2n) is 3.87. The van der Waals surface area contributed by atoms with E-state index in [9.17, 15) is 8.42 Å². The number of nitrogens with zero attached hydrogens (tertiary/aromatic N) is 2. The molecule has 0 saturated heterocycles. The van der Waals surface area contributed by atoms with Crippen molar-refractivity contribution in [2.75, 3.05) is 4.72 Å². The molecule has 0 aliphatic rings. The molecule has 0 atom stereocenters. The fraction of sp³-hybridized carbons (Fsp3) is 0.167. The van der Waals surface area contributed by atoms with E-state index in [1.54, 1.807) is 37.3 Å². The van der Waals surface area contributed by atoms with Gasteiger partial charge in [0.15, 0.2) is 0 Å². The van der Waals surface area contributed by atoms with Crippen molar-refractivity contribution < 1.29 is 8.42 Å². The first-order valence-electron chi connectivity index (χ1n) is 5.39. The summed E-state index contributed by atoms with van der Waals surface area (Å²) in [5.74, 6) is 0.0106. The van der Waals surface area contributed by atoms with Crippen LogP contribution in [-0.2, 0) is 15.8 Å². The smallest absolute Gasteiger partial charge is 0.239 e. The van der Waals surface area contributed by atoms with Crippen molar-refractivity contribution in [1.82, 2.24) is 9.97 Å². The van der Waals surface area contributed by atoms with Gasteiger partial charge in [0.05, 0.1) is 5.75 Å². The third-order valence-electron chi connectivity index (χ3n) is 2.24. The van der Waals surface area contributed by atoms with Crippen molar-refractivity contribution in [2.45, 2.75) is 12.7 Å². The number of nitrogens with one attached hydrogen (secondary N) is 1. The van der Waals surface area contributed by atoms with Crippen LogP contribution in [0.5, 0.6) is 0 Å². The van der Waals surface area contributed by atoms with E-state index >= 15 is 0 Å². The molecular formula is C12H13N3O2S. The average molecular weight is 263 g/mol. The van der Waals surface area contributed by atoms with Crippen LogP contribution in [0.4, 0.5) is 5.95 Å². The molecule has 0 spiro atoms. The van der Waals surface area contributed by atoms with Crippen LogP contribution in [0.2, 0.25) is 0 Å². The first kappa shape index (κ1) is 12.5. The summed E-state index contributed by atoms with van der Waals surface area (Å²) in [5, 5.41) is 0. The lowest BCUT2D eigenvalue weighted by atomic mass is 10.2. The molecule has 0 saturated carbocycles. The van der Waals surface area contributed by atoms with Crippen LogP contribution < -0.4 is 4.72 Å². The number of aromatic nitrogens is 2. The van der Waals surface area contributed by atoms with E-state index in [2.05, 4.69) is 14.7 Å². The lowest BCUT2D eigenvalue weighted by Gasteiger charge is -2.06. The number of rotatable bonds is 4. The Kier molecular flexibility index (Phi) is 3.57. The SMILES string of the molecule is Cc1ccnc(NS(=O)(=O)Cc2ccccc2)n1. The first-order chi connectivity index (χ1) is 8.55. The quantitative estimate of drug-likeness (QED) is 0.911. The molecule has 2 rings (SSSR count). The summed E-state index contributed by atoms with van der Waals surface area (Å²) in [4.78, 5) is 7.86. The van der Waals surface area contributed by atoms with Crippen LogP contribution in [0.1, 0.15) is 11.3 Å². The second kappa shape index (κ2) is 5.14. The molecule has 0 amide bonds. The highest BCUT2D eigenvalue weighted by Crippen LogP contribution is 2.08. The topological polar surface area (TPSA) is 72.0 Å². The maximum Gasteiger partial charge on any atom is 0.239 e. The molecule has 0 radical (unpaired) electrons. The third kappa shape index (κ3) is 3.53. The van der Waals surface area contributed by atoms with Gasteiger partial charge in [-0.25, -0.2) is 18.4 Å². The number of sulfonamides is 1. The fourth-order valence-electron chi connectivity index (χ4n) is 1.47. The Hall–Kier alpha value is -1.95. The summed E-state index contributed by atoms with van der Waals surface area (Å²) in [6, 6.07) is 10.7. The van der Waals surface area contributed by atoms with Crippen LogP contribution in [0.25, 0.3) is 0 Å². The van der Waals surface area contributed by atoms with Gasteiger partial charge in [0.2, 0.25) is 16.0 Å². The molecule has 18 heavy (non-hydrogen) atoms. The Morgan fingerprint density at radius 1 is 1.17 bits per heavy atom. The van der Waals surface area contributed by atoms with Gasteiger partial charge in [0.25, 0.3) is 0 Å². The van der Waals surface area contributed by atoms with Gasteiger partial charge >= 0.3 is 0 Å². The standard InChI is InChI=1S/C12H13N3O2S/c1-10-7-8-13-12(14-10)15-18(16,17)9-11-5-3-2-4-6-11/h2-8H,9H2,1H3,(H,13,14,15). The molecule has 94 valence electrons. The summed E-state index contributed by atoms with van der Waals surface area (Å²) in [7, 11) is -3.48. The van der Waals surface area contributed by atoms with Crippen LogP contribution >= 0.6 is 0 Å². The molecule has 1 heterocycles. The summed E-state index contributed by atoms with van der Waals surface area (Å²) < 4.78 is 26.1. The summed E-state index contributed by atoms with van der Waals surface area (Å²) in [6.45, 7) is 1.77. The van der Waals surface area contributed by atoms with Crippen molar-refractivity contribution in [2.24, 2.45) is 0 Å². The molecule has 0 unspecified atom stereocenters. The van der Waals surface area contributed by atoms with Gasteiger partial charge < -0.3 is 0 Å². The van der Waals surface area contributed by atoms with Crippen LogP contribution in [0.15, 0.2) is 42.6 Å². The zero-order valence-electron chi connectivity index (χ0n) is 9.87. The molecule has 5 nitrogen and oxygen atoms in total. The summed E-state index contributed by atoms with van der Waals surface area (Å²) in [5.41, 5.74) is 1.43. The largest absolute Gasteiger partial charge is 0.251 e. The summed E-state index contributed by atoms with van der Waals surface area (Å²) in [6.07, 6.45) is 1.52. The van der Waals surface area contributed by atoms with E-state index in [1.165, 1.54) is 6.20 Å². The summed E-state index contributed by atoms with van der Waals surface area (Å²) >= 11 is 0. The number of hydrogen-bond acceptors (Lipinski definition) is 4. The highest BCUT2D eigenvalue weighted by molar-refractivity contribution is 7.91. The average Bonchev–Trinajstić information content (AvgIpc) is 2.28. The third-order valence-corrected chi connectivity index (χ3v) is 3.45. The van der Waals surface area contributed by atoms with Crippen molar-refractivity contribution in [3.63, 3.8) is 0 Å². The Labute approximate surface area is 106 Å². The van der Waals surface area contributed by atoms with E-state index in [4.69, 9.17) is 0 Å². The molecule has 6 heteroatoms. The van der Waals surface area contributed by atoms with Gasteiger partial charge in [0, 0.05) is 11.9 Å². The van der Waals surface area contributed by atoms with Crippen LogP contribution in [0, 0.1) is 6.92 Å². The second-order valence-corrected chi connectivity index (χ2v) is 5.59. The fourth-order valence-corrected chi connectivity index (χ4v) is 2.55. The van der Waals surface area contributed by atoms with Crippen LogP contribution in [-0.4, -0.2) is 18.4 Å². The minimum atomic E-state index is -3.48. The predicted molar refractivity (Wildman–Crippen MR) is 69.5 cm³/mol. The highest BCUT2D eigenvalue weighted by atomic mass is 32.2.